The van der Waals surface area contributed by atoms with E-state index in [2.05, 4.69) is 9.05 Å². The van der Waals surface area contributed by atoms with Crippen LogP contribution < -0.4 is 0 Å². The largest absolute Gasteiger partial charge is 0.381 e. The molecule has 0 amide bonds. The molecule has 0 saturated carbocycles. The zero-order valence-electron chi connectivity index (χ0n) is 5.31. The summed E-state index contributed by atoms with van der Waals surface area (Å²) in [5, 5.41) is 0. The highest BCUT2D eigenvalue weighted by molar-refractivity contribution is 7.62. The second-order valence-corrected chi connectivity index (χ2v) is 6.80. The van der Waals surface area contributed by atoms with E-state index < -0.39 is 11.1 Å². The molecule has 7 heteroatoms. The van der Waals surface area contributed by atoms with Crippen LogP contribution in [-0.2, 0) is 13.6 Å². The second kappa shape index (κ2) is 3.61. The van der Waals surface area contributed by atoms with Crippen molar-refractivity contribution in [2.45, 2.75) is 3.53 Å². The first-order valence-corrected chi connectivity index (χ1v) is 4.83. The lowest BCUT2D eigenvalue weighted by Gasteiger charge is -2.19. The first-order valence-electron chi connectivity index (χ1n) is 2.15. The van der Waals surface area contributed by atoms with Crippen LogP contribution in [0.3, 0.4) is 0 Å². The Kier molecular flexibility index (Phi) is 3.98. The zero-order valence-corrected chi connectivity index (χ0v) is 8.47. The maximum atomic E-state index is 11.1. The monoisotopic (exact) mass is 226 g/mol. The van der Waals surface area contributed by atoms with Crippen LogP contribution in [0.2, 0.25) is 0 Å². The van der Waals surface area contributed by atoms with Crippen molar-refractivity contribution in [3.63, 3.8) is 0 Å². The van der Waals surface area contributed by atoms with E-state index in [1.807, 2.05) is 0 Å². The van der Waals surface area contributed by atoms with Gasteiger partial charge in [0.15, 0.2) is 0 Å². The molecule has 0 aromatic rings. The average molecular weight is 227 g/mol. The van der Waals surface area contributed by atoms with E-state index in [0.717, 1.165) is 14.2 Å². The van der Waals surface area contributed by atoms with Gasteiger partial charge in [-0.15, -0.1) is 0 Å². The molecule has 0 radical (unpaired) electrons. The van der Waals surface area contributed by atoms with Crippen LogP contribution in [0.5, 0.6) is 0 Å². The molecule has 0 aliphatic carbocycles. The molecule has 0 aromatic heterocycles. The van der Waals surface area contributed by atoms with Gasteiger partial charge in [0.25, 0.3) is 3.53 Å². The molecular weight excluding hydrogens is 221 g/mol. The van der Waals surface area contributed by atoms with E-state index in [1.54, 1.807) is 0 Å². The summed E-state index contributed by atoms with van der Waals surface area (Å²) in [5.74, 6) is 0. The summed E-state index contributed by atoms with van der Waals surface area (Å²) in [6.07, 6.45) is 0. The Labute approximate surface area is 74.1 Å². The highest BCUT2D eigenvalue weighted by atomic mass is 35.6. The van der Waals surface area contributed by atoms with Crippen LogP contribution in [0.4, 0.5) is 0 Å². The van der Waals surface area contributed by atoms with Gasteiger partial charge in [-0.25, -0.2) is 0 Å². The van der Waals surface area contributed by atoms with E-state index in [1.165, 1.54) is 0 Å². The molecule has 0 unspecified atom stereocenters. The topological polar surface area (TPSA) is 35.5 Å². The molecule has 62 valence electrons. The van der Waals surface area contributed by atoms with E-state index in [-0.39, 0.29) is 0 Å². The fourth-order valence-electron chi connectivity index (χ4n) is 0.282. The molecule has 0 aromatic carbocycles. The maximum Gasteiger partial charge on any atom is 0.381 e. The van der Waals surface area contributed by atoms with Crippen molar-refractivity contribution in [2.24, 2.45) is 0 Å². The molecule has 0 aliphatic heterocycles. The van der Waals surface area contributed by atoms with Crippen molar-refractivity contribution >= 4 is 42.4 Å². The molecule has 3 nitrogen and oxygen atoms in total. The number of alkyl halides is 3. The predicted molar refractivity (Wildman–Crippen MR) is 41.9 cm³/mol. The van der Waals surface area contributed by atoms with Gasteiger partial charge < -0.3 is 9.05 Å². The van der Waals surface area contributed by atoms with Crippen LogP contribution in [-0.4, -0.2) is 17.8 Å². The SMILES string of the molecule is COP(=O)(OC)C(Cl)(Cl)Cl. The van der Waals surface area contributed by atoms with Gasteiger partial charge in [0.2, 0.25) is 0 Å². The molecule has 0 rings (SSSR count). The van der Waals surface area contributed by atoms with Gasteiger partial charge in [-0.2, -0.15) is 0 Å². The van der Waals surface area contributed by atoms with Gasteiger partial charge in [-0.3, -0.25) is 4.57 Å². The van der Waals surface area contributed by atoms with E-state index >= 15 is 0 Å². The molecule has 0 saturated heterocycles. The zero-order chi connectivity index (χ0) is 8.41. The average Bonchev–Trinajstić information content (AvgIpc) is 1.84. The van der Waals surface area contributed by atoms with Gasteiger partial charge in [0, 0.05) is 14.2 Å². The molecule has 0 atom stereocenters. The minimum absolute atomic E-state index is 1.15. The molecule has 0 fully saturated rings. The van der Waals surface area contributed by atoms with Gasteiger partial charge >= 0.3 is 7.60 Å². The fraction of sp³-hybridized carbons (Fsp3) is 1.00. The summed E-state index contributed by atoms with van der Waals surface area (Å²) in [7, 11) is -1.28. The van der Waals surface area contributed by atoms with Crippen molar-refractivity contribution in [1.82, 2.24) is 0 Å². The summed E-state index contributed by atoms with van der Waals surface area (Å²) in [6, 6.07) is 0. The Hall–Kier alpha value is 1.02. The van der Waals surface area contributed by atoms with Gasteiger partial charge in [0.1, 0.15) is 0 Å². The summed E-state index contributed by atoms with van der Waals surface area (Å²) in [6.45, 7) is 0. The van der Waals surface area contributed by atoms with Crippen molar-refractivity contribution in [3.8, 4) is 0 Å². The highest BCUT2D eigenvalue weighted by Crippen LogP contribution is 2.65. The Balaban J connectivity index is 4.51. The van der Waals surface area contributed by atoms with Gasteiger partial charge in [0.05, 0.1) is 0 Å². The lowest BCUT2D eigenvalue weighted by Crippen LogP contribution is -2.06. The lowest BCUT2D eigenvalue weighted by molar-refractivity contribution is 0.275. The Morgan fingerprint density at radius 2 is 1.50 bits per heavy atom. The smallest absolute Gasteiger partial charge is 0.309 e. The van der Waals surface area contributed by atoms with Crippen molar-refractivity contribution in [3.05, 3.63) is 0 Å². The first-order chi connectivity index (χ1) is 4.37. The first kappa shape index (κ1) is 11.0. The van der Waals surface area contributed by atoms with Crippen LogP contribution >= 0.6 is 42.4 Å². The molecule has 0 spiro atoms. The Morgan fingerprint density at radius 1 is 1.20 bits per heavy atom. The maximum absolute atomic E-state index is 11.1. The minimum atomic E-state index is -3.57. The summed E-state index contributed by atoms with van der Waals surface area (Å²) >= 11 is 15.8. The van der Waals surface area contributed by atoms with E-state index in [0.29, 0.717) is 0 Å². The van der Waals surface area contributed by atoms with Crippen LogP contribution in [0, 0.1) is 0 Å². The third kappa shape index (κ3) is 2.26. The predicted octanol–water partition coefficient (Wildman–Crippen LogP) is 2.80. The molecule has 0 bridgehead atoms. The molecule has 10 heavy (non-hydrogen) atoms. The quantitative estimate of drug-likeness (QED) is 0.537. The normalized spacial score (nSPS) is 13.7. The number of hydrogen-bond acceptors (Lipinski definition) is 3. The van der Waals surface area contributed by atoms with E-state index in [4.69, 9.17) is 34.8 Å². The molecule has 0 aliphatic rings. The van der Waals surface area contributed by atoms with Crippen LogP contribution in [0.25, 0.3) is 0 Å². The molecular formula is C3H6Cl3O3P. The summed E-state index contributed by atoms with van der Waals surface area (Å²) in [4.78, 5) is 0. The summed E-state index contributed by atoms with van der Waals surface area (Å²) < 4.78 is 17.9. The van der Waals surface area contributed by atoms with E-state index in [9.17, 15) is 4.57 Å². The van der Waals surface area contributed by atoms with Gasteiger partial charge in [-0.1, -0.05) is 34.8 Å². The number of halogens is 3. The minimum Gasteiger partial charge on any atom is -0.309 e. The third-order valence-electron chi connectivity index (χ3n) is 0.791. The molecule has 0 heterocycles. The molecule has 0 N–H and O–H groups in total. The van der Waals surface area contributed by atoms with Crippen molar-refractivity contribution in [2.75, 3.05) is 14.2 Å². The fourth-order valence-corrected chi connectivity index (χ4v) is 2.09. The second-order valence-electron chi connectivity index (χ2n) is 1.33. The van der Waals surface area contributed by atoms with Crippen molar-refractivity contribution in [1.29, 1.82) is 0 Å². The number of hydrogen-bond donors (Lipinski definition) is 0. The summed E-state index contributed by atoms with van der Waals surface area (Å²) in [5.41, 5.74) is 0. The Bertz CT molecular complexity index is 146. The van der Waals surface area contributed by atoms with Crippen molar-refractivity contribution < 1.29 is 13.6 Å². The lowest BCUT2D eigenvalue weighted by atomic mass is 11.8. The van der Waals surface area contributed by atoms with Crippen LogP contribution in [0.1, 0.15) is 0 Å². The standard InChI is InChI=1S/C3H6Cl3O3P/c1-8-10(7,9-2)3(4,5)6/h1-2H3. The Morgan fingerprint density at radius 3 is 1.50 bits per heavy atom. The highest BCUT2D eigenvalue weighted by Gasteiger charge is 2.45. The van der Waals surface area contributed by atoms with Crippen LogP contribution in [0.15, 0.2) is 0 Å². The number of rotatable bonds is 2. The third-order valence-corrected chi connectivity index (χ3v) is 4.24. The van der Waals surface area contributed by atoms with Gasteiger partial charge in [-0.05, 0) is 0 Å².